The van der Waals surface area contributed by atoms with Crippen LogP contribution in [-0.4, -0.2) is 33.4 Å². The Morgan fingerprint density at radius 1 is 1.37 bits per heavy atom. The van der Waals surface area contributed by atoms with Gasteiger partial charge >= 0.3 is 0 Å². The van der Waals surface area contributed by atoms with Crippen LogP contribution in [0.4, 0.5) is 0 Å². The molecule has 1 atom stereocenters. The van der Waals surface area contributed by atoms with E-state index in [4.69, 9.17) is 11.6 Å². The van der Waals surface area contributed by atoms with Crippen LogP contribution in [-0.2, 0) is 0 Å². The van der Waals surface area contributed by atoms with E-state index in [1.807, 2.05) is 24.5 Å². The van der Waals surface area contributed by atoms with Gasteiger partial charge < -0.3 is 9.30 Å². The summed E-state index contributed by atoms with van der Waals surface area (Å²) in [5.41, 5.74) is 1.13. The minimum Gasteiger partial charge on any atom is -0.302 e. The van der Waals surface area contributed by atoms with Gasteiger partial charge in [-0.2, -0.15) is 0 Å². The summed E-state index contributed by atoms with van der Waals surface area (Å²) in [5.74, 6) is 1.67. The highest BCUT2D eigenvalue weighted by Crippen LogP contribution is 2.28. The number of fused-ring (bicyclic) bond motifs is 1. The number of aromatic nitrogens is 2. The monoisotopic (exact) mass is 277 g/mol. The first-order valence-electron chi connectivity index (χ1n) is 7.01. The third kappa shape index (κ3) is 2.49. The minimum absolute atomic E-state index is 0.511. The number of hydrogen-bond donors (Lipinski definition) is 0. The number of imidazole rings is 1. The maximum Gasteiger partial charge on any atom is 0.117 e. The van der Waals surface area contributed by atoms with E-state index in [1.165, 1.54) is 19.4 Å². The van der Waals surface area contributed by atoms with Gasteiger partial charge in [-0.15, -0.1) is 0 Å². The summed E-state index contributed by atoms with van der Waals surface area (Å²) in [7, 11) is 0. The van der Waals surface area contributed by atoms with Gasteiger partial charge in [0.25, 0.3) is 0 Å². The number of piperidine rings is 1. The molecule has 0 aromatic carbocycles. The Kier molecular flexibility index (Phi) is 3.50. The van der Waals surface area contributed by atoms with Crippen LogP contribution in [0.2, 0.25) is 5.02 Å². The average Bonchev–Trinajstić information content (AvgIpc) is 2.81. The molecule has 3 heterocycles. The van der Waals surface area contributed by atoms with Crippen LogP contribution in [0.15, 0.2) is 24.5 Å². The molecule has 2 aromatic heterocycles. The Morgan fingerprint density at radius 2 is 2.21 bits per heavy atom. The molecule has 3 nitrogen and oxygen atoms in total. The molecule has 3 rings (SSSR count). The molecule has 0 amide bonds. The van der Waals surface area contributed by atoms with Crippen LogP contribution < -0.4 is 0 Å². The topological polar surface area (TPSA) is 20.5 Å². The molecule has 19 heavy (non-hydrogen) atoms. The summed E-state index contributed by atoms with van der Waals surface area (Å²) in [5, 5.41) is 0.767. The molecule has 2 aromatic rings. The lowest BCUT2D eigenvalue weighted by Crippen LogP contribution is -2.39. The lowest BCUT2D eigenvalue weighted by molar-refractivity contribution is 0.164. The van der Waals surface area contributed by atoms with Crippen LogP contribution >= 0.6 is 11.6 Å². The second kappa shape index (κ2) is 5.14. The summed E-state index contributed by atoms with van der Waals surface area (Å²) in [6, 6.07) is 4.56. The Balaban J connectivity index is 1.93. The quantitative estimate of drug-likeness (QED) is 0.836. The van der Waals surface area contributed by atoms with Gasteiger partial charge in [0.1, 0.15) is 5.82 Å². The van der Waals surface area contributed by atoms with Crippen LogP contribution in [0.5, 0.6) is 0 Å². The van der Waals surface area contributed by atoms with E-state index in [9.17, 15) is 0 Å². The zero-order valence-electron chi connectivity index (χ0n) is 11.5. The SMILES string of the molecule is CC(C)N1CCCC(c2ncc3ccc(Cl)cn23)C1. The van der Waals surface area contributed by atoms with Crippen molar-refractivity contribution >= 4 is 17.1 Å². The van der Waals surface area contributed by atoms with E-state index in [0.29, 0.717) is 12.0 Å². The number of halogens is 1. The second-order valence-corrected chi connectivity index (χ2v) is 6.12. The van der Waals surface area contributed by atoms with Crippen molar-refractivity contribution in [3.63, 3.8) is 0 Å². The smallest absolute Gasteiger partial charge is 0.117 e. The van der Waals surface area contributed by atoms with Gasteiger partial charge in [-0.1, -0.05) is 11.6 Å². The highest BCUT2D eigenvalue weighted by molar-refractivity contribution is 6.30. The highest BCUT2D eigenvalue weighted by Gasteiger charge is 2.25. The molecule has 1 saturated heterocycles. The van der Waals surface area contributed by atoms with Crippen LogP contribution in [0.1, 0.15) is 38.4 Å². The van der Waals surface area contributed by atoms with E-state index >= 15 is 0 Å². The van der Waals surface area contributed by atoms with E-state index < -0.39 is 0 Å². The zero-order chi connectivity index (χ0) is 13.4. The second-order valence-electron chi connectivity index (χ2n) is 5.69. The van der Waals surface area contributed by atoms with Gasteiger partial charge in [0.2, 0.25) is 0 Å². The predicted molar refractivity (Wildman–Crippen MR) is 78.9 cm³/mol. The number of likely N-dealkylation sites (tertiary alicyclic amines) is 1. The molecule has 0 saturated carbocycles. The minimum atomic E-state index is 0.511. The Labute approximate surface area is 119 Å². The van der Waals surface area contributed by atoms with Crippen LogP contribution in [0.25, 0.3) is 5.52 Å². The summed E-state index contributed by atoms with van der Waals surface area (Å²) in [6.45, 7) is 6.84. The molecule has 0 radical (unpaired) electrons. The van der Waals surface area contributed by atoms with Gasteiger partial charge in [0, 0.05) is 24.7 Å². The molecule has 0 aliphatic carbocycles. The van der Waals surface area contributed by atoms with Crippen molar-refractivity contribution < 1.29 is 0 Å². The first-order valence-corrected chi connectivity index (χ1v) is 7.39. The number of rotatable bonds is 2. The maximum atomic E-state index is 6.11. The third-order valence-corrected chi connectivity index (χ3v) is 4.29. The Morgan fingerprint density at radius 3 is 3.00 bits per heavy atom. The maximum absolute atomic E-state index is 6.11. The molecule has 1 aliphatic rings. The van der Waals surface area contributed by atoms with Crippen molar-refractivity contribution in [2.75, 3.05) is 13.1 Å². The van der Waals surface area contributed by atoms with Gasteiger partial charge in [-0.05, 0) is 45.4 Å². The highest BCUT2D eigenvalue weighted by atomic mass is 35.5. The van der Waals surface area contributed by atoms with Crippen molar-refractivity contribution in [2.24, 2.45) is 0 Å². The lowest BCUT2D eigenvalue weighted by Gasteiger charge is -2.34. The molecule has 1 fully saturated rings. The van der Waals surface area contributed by atoms with Crippen molar-refractivity contribution in [1.29, 1.82) is 0 Å². The number of hydrogen-bond acceptors (Lipinski definition) is 2. The van der Waals surface area contributed by atoms with Crippen molar-refractivity contribution in [3.05, 3.63) is 35.4 Å². The zero-order valence-corrected chi connectivity index (χ0v) is 12.3. The fourth-order valence-electron chi connectivity index (χ4n) is 2.97. The van der Waals surface area contributed by atoms with Crippen molar-refractivity contribution in [1.82, 2.24) is 14.3 Å². The van der Waals surface area contributed by atoms with Gasteiger partial charge in [-0.3, -0.25) is 0 Å². The van der Waals surface area contributed by atoms with E-state index in [-0.39, 0.29) is 0 Å². The fourth-order valence-corrected chi connectivity index (χ4v) is 3.13. The van der Waals surface area contributed by atoms with Crippen LogP contribution in [0.3, 0.4) is 0 Å². The molecular weight excluding hydrogens is 258 g/mol. The average molecular weight is 278 g/mol. The predicted octanol–water partition coefficient (Wildman–Crippen LogP) is 3.58. The molecule has 0 N–H and O–H groups in total. The standard InChI is InChI=1S/C15H20ClN3/c1-11(2)18-7-3-4-12(9-18)15-17-8-14-6-5-13(16)10-19(14)15/h5-6,8,10-12H,3-4,7,9H2,1-2H3. The van der Waals surface area contributed by atoms with Crippen molar-refractivity contribution in [3.8, 4) is 0 Å². The molecular formula is C15H20ClN3. The molecule has 1 unspecified atom stereocenters. The van der Waals surface area contributed by atoms with Crippen LogP contribution in [0, 0.1) is 0 Å². The first-order chi connectivity index (χ1) is 9.15. The number of pyridine rings is 1. The third-order valence-electron chi connectivity index (χ3n) is 4.07. The van der Waals surface area contributed by atoms with Crippen molar-refractivity contribution in [2.45, 2.75) is 38.6 Å². The molecule has 0 bridgehead atoms. The molecule has 1 aliphatic heterocycles. The van der Waals surface area contributed by atoms with Gasteiger partial charge in [0.05, 0.1) is 16.7 Å². The van der Waals surface area contributed by atoms with Gasteiger partial charge in [-0.25, -0.2) is 4.98 Å². The van der Waals surface area contributed by atoms with Gasteiger partial charge in [0.15, 0.2) is 0 Å². The normalized spacial score (nSPS) is 21.4. The fraction of sp³-hybridized carbons (Fsp3) is 0.533. The summed E-state index contributed by atoms with van der Waals surface area (Å²) in [6.07, 6.45) is 6.39. The first kappa shape index (κ1) is 12.9. The Bertz CT molecular complexity index is 576. The number of nitrogens with zero attached hydrogens (tertiary/aromatic N) is 3. The Hall–Kier alpha value is -1.06. The lowest BCUT2D eigenvalue weighted by atomic mass is 9.96. The summed E-state index contributed by atoms with van der Waals surface area (Å²) >= 11 is 6.11. The molecule has 0 spiro atoms. The summed E-state index contributed by atoms with van der Waals surface area (Å²) < 4.78 is 2.15. The molecule has 4 heteroatoms. The largest absolute Gasteiger partial charge is 0.302 e. The molecule has 102 valence electrons. The van der Waals surface area contributed by atoms with E-state index in [1.54, 1.807) is 0 Å². The van der Waals surface area contributed by atoms with E-state index in [2.05, 4.69) is 28.1 Å². The summed E-state index contributed by atoms with van der Waals surface area (Å²) in [4.78, 5) is 7.17. The van der Waals surface area contributed by atoms with E-state index in [0.717, 1.165) is 22.9 Å².